The molecule has 0 aliphatic rings. The van der Waals surface area contributed by atoms with Gasteiger partial charge in [0.1, 0.15) is 0 Å². The Kier molecular flexibility index (Phi) is 9.81. The quantitative estimate of drug-likeness (QED) is 0.111. The molecule has 42 heavy (non-hydrogen) atoms. The maximum atomic E-state index is 2.58. The summed E-state index contributed by atoms with van der Waals surface area (Å²) in [5, 5.41) is 4.69. The molecule has 216 valence electrons. The predicted octanol–water partition coefficient (Wildman–Crippen LogP) is 13.8. The fraction of sp³-hybridized carbons (Fsp3) is 0.316. The van der Waals surface area contributed by atoms with Crippen molar-refractivity contribution in [2.75, 3.05) is 4.90 Å². The maximum absolute atomic E-state index is 2.58. The second-order valence-corrected chi connectivity index (χ2v) is 15.8. The van der Waals surface area contributed by atoms with Crippen LogP contribution in [0.25, 0.3) is 24.9 Å². The third kappa shape index (κ3) is 6.40. The van der Waals surface area contributed by atoms with Gasteiger partial charge in [0.15, 0.2) is 0 Å². The minimum atomic E-state index is -0.511. The first-order chi connectivity index (χ1) is 20.8. The van der Waals surface area contributed by atoms with Gasteiger partial charge in [0.2, 0.25) is 0 Å². The van der Waals surface area contributed by atoms with Crippen LogP contribution in [0, 0.1) is 0 Å². The number of rotatable bonds is 14. The number of aryl methyl sites for hydroxylation is 2. The fourth-order valence-electron chi connectivity index (χ4n) is 5.98. The molecule has 4 heteroatoms. The minimum Gasteiger partial charge on any atom is -0.311 e. The summed E-state index contributed by atoms with van der Waals surface area (Å²) in [6.07, 6.45) is 13.1. The van der Waals surface area contributed by atoms with E-state index in [2.05, 4.69) is 138 Å². The van der Waals surface area contributed by atoms with E-state index in [0.717, 1.165) is 0 Å². The topological polar surface area (TPSA) is 3.24 Å². The number of hydrogen-bond donors (Lipinski definition) is 0. The second-order valence-electron chi connectivity index (χ2n) is 11.3. The number of thiophene rings is 2. The second kappa shape index (κ2) is 14.1. The van der Waals surface area contributed by atoms with Crippen molar-refractivity contribution in [2.45, 2.75) is 78.1 Å². The molecular weight excluding hydrogens is 566 g/mol. The standard InChI is InChI=1S/C38H42NPS2/c1-3-5-7-15-21-33-27-35-37(41-33)38-36(28-34(42-38)22-16-8-6-4-2)40(35)32-25-23-31(24-26-32)39(29-17-11-9-12-18-29)30-19-13-10-14-20-30/h9-14,17-20,23-28H,3-8,15-16,21-22H2,1-2H3. The Morgan fingerprint density at radius 1 is 0.524 bits per heavy atom. The normalized spacial score (nSPS) is 11.6. The number of para-hydroxylation sites is 2. The van der Waals surface area contributed by atoms with E-state index in [1.54, 1.807) is 29.4 Å². The van der Waals surface area contributed by atoms with Gasteiger partial charge in [-0.15, -0.1) is 22.7 Å². The molecule has 6 aromatic rings. The van der Waals surface area contributed by atoms with Gasteiger partial charge in [-0.2, -0.15) is 0 Å². The lowest BCUT2D eigenvalue weighted by atomic mass is 10.1. The van der Waals surface area contributed by atoms with Crippen molar-refractivity contribution in [1.82, 2.24) is 0 Å². The molecule has 1 nitrogen and oxygen atoms in total. The van der Waals surface area contributed by atoms with Crippen LogP contribution in [0.2, 0.25) is 0 Å². The summed E-state index contributed by atoms with van der Waals surface area (Å²) < 4.78 is 3.15. The molecule has 0 fully saturated rings. The van der Waals surface area contributed by atoms with Crippen molar-refractivity contribution in [2.24, 2.45) is 0 Å². The molecule has 3 heterocycles. The van der Waals surface area contributed by atoms with E-state index in [-0.39, 0.29) is 0 Å². The van der Waals surface area contributed by atoms with Crippen molar-refractivity contribution < 1.29 is 0 Å². The molecule has 0 radical (unpaired) electrons. The zero-order valence-electron chi connectivity index (χ0n) is 25.0. The lowest BCUT2D eigenvalue weighted by Gasteiger charge is -2.25. The number of nitrogens with zero attached hydrogens (tertiary/aromatic N) is 1. The van der Waals surface area contributed by atoms with Gasteiger partial charge < -0.3 is 4.90 Å². The molecule has 0 N–H and O–H groups in total. The number of anilines is 3. The molecule has 0 unspecified atom stereocenters. The van der Waals surface area contributed by atoms with Gasteiger partial charge in [-0.1, -0.05) is 96.3 Å². The Morgan fingerprint density at radius 2 is 0.976 bits per heavy atom. The molecule has 0 aliphatic heterocycles. The molecule has 6 rings (SSSR count). The summed E-state index contributed by atoms with van der Waals surface area (Å²) >= 11 is 4.17. The van der Waals surface area contributed by atoms with Crippen molar-refractivity contribution in [1.29, 1.82) is 0 Å². The Hall–Kier alpha value is -2.84. The Balaban J connectivity index is 1.38. The zero-order chi connectivity index (χ0) is 28.7. The Labute approximate surface area is 260 Å². The summed E-state index contributed by atoms with van der Waals surface area (Å²) in [5.74, 6) is 0. The molecule has 3 aromatic heterocycles. The van der Waals surface area contributed by atoms with Crippen LogP contribution in [0.5, 0.6) is 0 Å². The average molecular weight is 608 g/mol. The van der Waals surface area contributed by atoms with Gasteiger partial charge >= 0.3 is 0 Å². The molecule has 0 atom stereocenters. The number of hydrogen-bond acceptors (Lipinski definition) is 3. The predicted molar refractivity (Wildman–Crippen MR) is 192 cm³/mol. The molecule has 0 bridgehead atoms. The smallest absolute Gasteiger partial charge is 0.0570 e. The summed E-state index contributed by atoms with van der Waals surface area (Å²) in [6, 6.07) is 36.1. The van der Waals surface area contributed by atoms with Crippen LogP contribution in [-0.2, 0) is 12.8 Å². The van der Waals surface area contributed by atoms with Crippen molar-refractivity contribution in [3.05, 3.63) is 107 Å². The highest BCUT2D eigenvalue weighted by molar-refractivity contribution is 7.69. The highest BCUT2D eigenvalue weighted by Crippen LogP contribution is 2.59. The Bertz CT molecular complexity index is 1590. The lowest BCUT2D eigenvalue weighted by molar-refractivity contribution is 0.670. The zero-order valence-corrected chi connectivity index (χ0v) is 27.5. The first-order valence-corrected chi connectivity index (χ1v) is 18.8. The van der Waals surface area contributed by atoms with Gasteiger partial charge in [-0.3, -0.25) is 0 Å². The molecule has 0 amide bonds. The molecule has 0 saturated carbocycles. The minimum absolute atomic E-state index is 0.511. The summed E-state index contributed by atoms with van der Waals surface area (Å²) in [5.41, 5.74) is 3.57. The first-order valence-electron chi connectivity index (χ1n) is 15.8. The molecule has 3 aromatic carbocycles. The molecule has 0 spiro atoms. The van der Waals surface area contributed by atoms with Crippen molar-refractivity contribution in [3.8, 4) is 5.30 Å². The third-order valence-electron chi connectivity index (χ3n) is 8.16. The van der Waals surface area contributed by atoms with Crippen LogP contribution in [-0.4, -0.2) is 0 Å². The van der Waals surface area contributed by atoms with Crippen LogP contribution in [0.3, 0.4) is 0 Å². The van der Waals surface area contributed by atoms with Crippen molar-refractivity contribution >= 4 is 66.9 Å². The van der Waals surface area contributed by atoms with E-state index in [9.17, 15) is 0 Å². The largest absolute Gasteiger partial charge is 0.311 e. The van der Waals surface area contributed by atoms with Gasteiger partial charge in [0.05, 0.1) is 9.40 Å². The van der Waals surface area contributed by atoms with Crippen LogP contribution in [0.1, 0.15) is 75.0 Å². The lowest BCUT2D eigenvalue weighted by Crippen LogP contribution is -2.09. The van der Waals surface area contributed by atoms with Crippen molar-refractivity contribution in [3.63, 3.8) is 0 Å². The summed E-state index contributed by atoms with van der Waals surface area (Å²) in [6.45, 7) is 4.60. The molecular formula is C38H42NPS2. The number of fused-ring (bicyclic) bond motifs is 3. The third-order valence-corrected chi connectivity index (χ3v) is 13.5. The van der Waals surface area contributed by atoms with E-state index in [1.165, 1.54) is 86.6 Å². The average Bonchev–Trinajstić information content (AvgIpc) is 3.70. The maximum Gasteiger partial charge on any atom is 0.0570 e. The molecule has 0 saturated heterocycles. The van der Waals surface area contributed by atoms with Gasteiger partial charge in [-0.05, 0) is 91.7 Å². The summed E-state index contributed by atoms with van der Waals surface area (Å²) in [7, 11) is -0.511. The number of benzene rings is 3. The van der Waals surface area contributed by atoms with E-state index >= 15 is 0 Å². The van der Waals surface area contributed by atoms with E-state index in [1.807, 2.05) is 0 Å². The summed E-state index contributed by atoms with van der Waals surface area (Å²) in [4.78, 5) is 5.53. The van der Waals surface area contributed by atoms with Gasteiger partial charge in [0.25, 0.3) is 0 Å². The SMILES string of the molecule is CCCCCCc1cc2c(s1)c1sc(CCCCCC)cc1p2-c1ccc(N(c2ccccc2)c2ccccc2)cc1. The fourth-order valence-corrected chi connectivity index (χ4v) is 11.9. The highest BCUT2D eigenvalue weighted by Gasteiger charge is 2.20. The van der Waals surface area contributed by atoms with Crippen LogP contribution >= 0.6 is 30.2 Å². The van der Waals surface area contributed by atoms with Gasteiger partial charge in [0, 0.05) is 37.1 Å². The molecule has 0 aliphatic carbocycles. The van der Waals surface area contributed by atoms with Crippen LogP contribution in [0.4, 0.5) is 17.1 Å². The Morgan fingerprint density at radius 3 is 1.43 bits per heavy atom. The van der Waals surface area contributed by atoms with E-state index < -0.39 is 7.53 Å². The van der Waals surface area contributed by atoms with Crippen LogP contribution in [0.15, 0.2) is 97.1 Å². The monoisotopic (exact) mass is 607 g/mol. The highest BCUT2D eigenvalue weighted by atomic mass is 32.1. The number of unbranched alkanes of at least 4 members (excludes halogenated alkanes) is 6. The van der Waals surface area contributed by atoms with Gasteiger partial charge in [-0.25, -0.2) is 0 Å². The van der Waals surface area contributed by atoms with Crippen LogP contribution < -0.4 is 4.90 Å². The van der Waals surface area contributed by atoms with E-state index in [0.29, 0.717) is 0 Å². The first kappa shape index (κ1) is 29.2. The van der Waals surface area contributed by atoms with E-state index in [4.69, 9.17) is 0 Å².